The number of cyclic esters (lactones) is 1. The Morgan fingerprint density at radius 3 is 2.94 bits per heavy atom. The number of halogens is 1. The van der Waals surface area contributed by atoms with Crippen LogP contribution in [0.25, 0.3) is 0 Å². The molecule has 6 heteroatoms. The topological polar surface area (TPSA) is 62.6 Å². The van der Waals surface area contributed by atoms with Crippen molar-refractivity contribution in [3.05, 3.63) is 23.2 Å². The zero-order valence-electron chi connectivity index (χ0n) is 9.72. The number of nitriles is 1. The Balaban J connectivity index is 2.20. The molecule has 1 amide bonds. The van der Waals surface area contributed by atoms with Crippen molar-refractivity contribution >= 4 is 23.4 Å². The zero-order chi connectivity index (χ0) is 13.1. The van der Waals surface area contributed by atoms with E-state index in [1.807, 2.05) is 6.07 Å². The molecule has 0 bridgehead atoms. The van der Waals surface area contributed by atoms with Gasteiger partial charge in [-0.3, -0.25) is 4.90 Å². The molecular weight excluding hydrogens is 256 g/mol. The van der Waals surface area contributed by atoms with Gasteiger partial charge < -0.3 is 9.47 Å². The number of hydrogen-bond donors (Lipinski definition) is 0. The number of benzene rings is 1. The van der Waals surface area contributed by atoms with Gasteiger partial charge >= 0.3 is 6.09 Å². The molecule has 1 aromatic rings. The van der Waals surface area contributed by atoms with Gasteiger partial charge in [-0.05, 0) is 18.2 Å². The first-order chi connectivity index (χ1) is 8.65. The molecule has 1 aliphatic heterocycles. The summed E-state index contributed by atoms with van der Waals surface area (Å²) in [4.78, 5) is 13.2. The van der Waals surface area contributed by atoms with E-state index < -0.39 is 12.2 Å². The summed E-state index contributed by atoms with van der Waals surface area (Å²) >= 11 is 6.00. The molecule has 5 nitrogen and oxygen atoms in total. The minimum absolute atomic E-state index is 0.421. The van der Waals surface area contributed by atoms with E-state index in [0.717, 1.165) is 0 Å². The molecule has 18 heavy (non-hydrogen) atoms. The van der Waals surface area contributed by atoms with Gasteiger partial charge in [-0.25, -0.2) is 4.79 Å². The van der Waals surface area contributed by atoms with Crippen LogP contribution in [0.5, 0.6) is 5.75 Å². The van der Waals surface area contributed by atoms with E-state index in [4.69, 9.17) is 26.3 Å². The number of amides is 1. The molecule has 0 aromatic heterocycles. The molecule has 0 aliphatic carbocycles. The summed E-state index contributed by atoms with van der Waals surface area (Å²) in [5.74, 6) is 0.542. The second-order valence-corrected chi connectivity index (χ2v) is 4.17. The standard InChI is InChI=1S/C12H11ClN2O3/c1-17-11-3-2-8(6-10(11)13)15-5-4-9(7-14)18-12(15)16/h2-3,6,9H,4-5H2,1H3. The molecule has 0 saturated carbocycles. The molecular formula is C12H11ClN2O3. The zero-order valence-corrected chi connectivity index (χ0v) is 10.5. The van der Waals surface area contributed by atoms with E-state index in [0.29, 0.717) is 29.4 Å². The molecule has 1 saturated heterocycles. The molecule has 1 aliphatic rings. The van der Waals surface area contributed by atoms with Crippen molar-refractivity contribution in [3.8, 4) is 11.8 Å². The molecule has 1 fully saturated rings. The summed E-state index contributed by atoms with van der Waals surface area (Å²) in [5.41, 5.74) is 0.627. The third-order valence-electron chi connectivity index (χ3n) is 2.67. The predicted molar refractivity (Wildman–Crippen MR) is 65.8 cm³/mol. The lowest BCUT2D eigenvalue weighted by Crippen LogP contribution is -2.41. The number of hydrogen-bond acceptors (Lipinski definition) is 4. The lowest BCUT2D eigenvalue weighted by Gasteiger charge is -2.29. The van der Waals surface area contributed by atoms with Crippen molar-refractivity contribution in [2.24, 2.45) is 0 Å². The lowest BCUT2D eigenvalue weighted by atomic mass is 10.2. The van der Waals surface area contributed by atoms with Crippen LogP contribution in [0.4, 0.5) is 10.5 Å². The highest BCUT2D eigenvalue weighted by atomic mass is 35.5. The van der Waals surface area contributed by atoms with Crippen molar-refractivity contribution in [1.82, 2.24) is 0 Å². The Labute approximate surface area is 109 Å². The van der Waals surface area contributed by atoms with E-state index in [-0.39, 0.29) is 0 Å². The number of nitrogens with zero attached hydrogens (tertiary/aromatic N) is 2. The maximum atomic E-state index is 11.7. The molecule has 2 rings (SSSR count). The van der Waals surface area contributed by atoms with Gasteiger partial charge in [0, 0.05) is 18.7 Å². The van der Waals surface area contributed by atoms with Gasteiger partial charge in [0.2, 0.25) is 0 Å². The van der Waals surface area contributed by atoms with E-state index in [1.54, 1.807) is 18.2 Å². The molecule has 0 N–H and O–H groups in total. The number of carbonyl (C=O) groups is 1. The van der Waals surface area contributed by atoms with E-state index >= 15 is 0 Å². The Hall–Kier alpha value is -1.93. The highest BCUT2D eigenvalue weighted by Crippen LogP contribution is 2.30. The molecule has 1 heterocycles. The van der Waals surface area contributed by atoms with Gasteiger partial charge in [-0.15, -0.1) is 0 Å². The Morgan fingerprint density at radius 1 is 1.61 bits per heavy atom. The van der Waals surface area contributed by atoms with Gasteiger partial charge in [0.05, 0.1) is 12.1 Å². The van der Waals surface area contributed by atoms with Crippen LogP contribution in [0.15, 0.2) is 18.2 Å². The van der Waals surface area contributed by atoms with Crippen LogP contribution in [0.3, 0.4) is 0 Å². The first kappa shape index (κ1) is 12.5. The fourth-order valence-electron chi connectivity index (χ4n) is 1.73. The first-order valence-electron chi connectivity index (χ1n) is 5.37. The van der Waals surface area contributed by atoms with Crippen molar-refractivity contribution in [1.29, 1.82) is 5.26 Å². The quantitative estimate of drug-likeness (QED) is 0.825. The third-order valence-corrected chi connectivity index (χ3v) is 2.96. The van der Waals surface area contributed by atoms with Crippen LogP contribution in [-0.4, -0.2) is 25.9 Å². The van der Waals surface area contributed by atoms with Gasteiger partial charge in [0.1, 0.15) is 11.8 Å². The van der Waals surface area contributed by atoms with Crippen LogP contribution < -0.4 is 9.64 Å². The smallest absolute Gasteiger partial charge is 0.415 e. The Bertz CT molecular complexity index is 513. The monoisotopic (exact) mass is 266 g/mol. The largest absolute Gasteiger partial charge is 0.495 e. The third kappa shape index (κ3) is 2.34. The average molecular weight is 267 g/mol. The fraction of sp³-hybridized carbons (Fsp3) is 0.333. The van der Waals surface area contributed by atoms with Crippen molar-refractivity contribution < 1.29 is 14.3 Å². The number of ether oxygens (including phenoxy) is 2. The number of rotatable bonds is 2. The number of methoxy groups -OCH3 is 1. The summed E-state index contributed by atoms with van der Waals surface area (Å²) in [6.45, 7) is 0.430. The molecule has 1 atom stereocenters. The molecule has 0 radical (unpaired) electrons. The summed E-state index contributed by atoms with van der Waals surface area (Å²) in [5, 5.41) is 9.12. The van der Waals surface area contributed by atoms with E-state index in [2.05, 4.69) is 0 Å². The average Bonchev–Trinajstić information content (AvgIpc) is 2.38. The van der Waals surface area contributed by atoms with Crippen LogP contribution in [0.1, 0.15) is 6.42 Å². The van der Waals surface area contributed by atoms with E-state index in [9.17, 15) is 4.79 Å². The molecule has 1 unspecified atom stereocenters. The van der Waals surface area contributed by atoms with E-state index in [1.165, 1.54) is 12.0 Å². The minimum atomic E-state index is -0.664. The highest BCUT2D eigenvalue weighted by molar-refractivity contribution is 6.32. The van der Waals surface area contributed by atoms with Gasteiger partial charge in [0.15, 0.2) is 6.10 Å². The second kappa shape index (κ2) is 5.15. The Morgan fingerprint density at radius 2 is 2.39 bits per heavy atom. The SMILES string of the molecule is COc1ccc(N2CCC(C#N)OC2=O)cc1Cl. The van der Waals surface area contributed by atoms with Crippen LogP contribution in [0, 0.1) is 11.3 Å². The van der Waals surface area contributed by atoms with Crippen molar-refractivity contribution in [3.63, 3.8) is 0 Å². The minimum Gasteiger partial charge on any atom is -0.495 e. The lowest BCUT2D eigenvalue weighted by molar-refractivity contribution is 0.111. The first-order valence-corrected chi connectivity index (χ1v) is 5.75. The maximum Gasteiger partial charge on any atom is 0.415 e. The van der Waals surface area contributed by atoms with Gasteiger partial charge in [-0.2, -0.15) is 5.26 Å². The molecule has 1 aromatic carbocycles. The van der Waals surface area contributed by atoms with Gasteiger partial charge in [-0.1, -0.05) is 11.6 Å². The van der Waals surface area contributed by atoms with Crippen LogP contribution in [-0.2, 0) is 4.74 Å². The number of carbonyl (C=O) groups excluding carboxylic acids is 1. The van der Waals surface area contributed by atoms with Crippen LogP contribution in [0.2, 0.25) is 5.02 Å². The normalized spacial score (nSPS) is 19.1. The summed E-state index contributed by atoms with van der Waals surface area (Å²) in [7, 11) is 1.52. The van der Waals surface area contributed by atoms with Crippen molar-refractivity contribution in [2.75, 3.05) is 18.6 Å². The number of anilines is 1. The van der Waals surface area contributed by atoms with Gasteiger partial charge in [0.25, 0.3) is 0 Å². The Kier molecular flexibility index (Phi) is 3.58. The molecule has 0 spiro atoms. The van der Waals surface area contributed by atoms with Crippen molar-refractivity contribution in [2.45, 2.75) is 12.5 Å². The second-order valence-electron chi connectivity index (χ2n) is 3.76. The fourth-order valence-corrected chi connectivity index (χ4v) is 1.98. The highest BCUT2D eigenvalue weighted by Gasteiger charge is 2.28. The summed E-state index contributed by atoms with van der Waals surface area (Å²) in [6.07, 6.45) is -0.720. The predicted octanol–water partition coefficient (Wildman–Crippen LogP) is 2.59. The van der Waals surface area contributed by atoms with Crippen LogP contribution >= 0.6 is 11.6 Å². The summed E-state index contributed by atoms with van der Waals surface area (Å²) in [6, 6.07) is 6.96. The maximum absolute atomic E-state index is 11.7. The molecule has 94 valence electrons. The summed E-state index contributed by atoms with van der Waals surface area (Å²) < 4.78 is 9.99.